The van der Waals surface area contributed by atoms with Gasteiger partial charge in [-0.2, -0.15) is 0 Å². The van der Waals surface area contributed by atoms with Crippen molar-refractivity contribution in [1.82, 2.24) is 4.90 Å². The Morgan fingerprint density at radius 1 is 0.963 bits per heavy atom. The van der Waals surface area contributed by atoms with Crippen LogP contribution in [-0.2, 0) is 11.3 Å². The number of carbonyl (C=O) groups excluding carboxylic acids is 1. The van der Waals surface area contributed by atoms with E-state index in [2.05, 4.69) is 12.1 Å². The Kier molecular flexibility index (Phi) is 5.35. The number of benzene rings is 2. The first kappa shape index (κ1) is 17.6. The molecule has 27 heavy (non-hydrogen) atoms. The van der Waals surface area contributed by atoms with Gasteiger partial charge in [-0.05, 0) is 48.2 Å². The quantitative estimate of drug-likeness (QED) is 0.635. The van der Waals surface area contributed by atoms with Crippen molar-refractivity contribution in [2.24, 2.45) is 0 Å². The largest absolute Gasteiger partial charge is 0.467 e. The number of amides is 1. The van der Waals surface area contributed by atoms with E-state index in [1.54, 1.807) is 6.26 Å². The van der Waals surface area contributed by atoms with Crippen molar-refractivity contribution in [2.75, 3.05) is 13.2 Å². The SMILES string of the molecule is O=C(c1ccc(-c2ccccc2)cc1)N(Cc1ccco1)CC1CCCO1. The van der Waals surface area contributed by atoms with Gasteiger partial charge in [0.15, 0.2) is 0 Å². The van der Waals surface area contributed by atoms with Gasteiger partial charge < -0.3 is 14.1 Å². The summed E-state index contributed by atoms with van der Waals surface area (Å²) < 4.78 is 11.2. The maximum absolute atomic E-state index is 13.1. The maximum atomic E-state index is 13.1. The van der Waals surface area contributed by atoms with E-state index in [0.29, 0.717) is 18.7 Å². The molecule has 1 aromatic heterocycles. The van der Waals surface area contributed by atoms with Crippen LogP contribution < -0.4 is 0 Å². The molecular formula is C23H23NO3. The van der Waals surface area contributed by atoms with Crippen molar-refractivity contribution < 1.29 is 13.9 Å². The molecule has 4 rings (SSSR count). The summed E-state index contributed by atoms with van der Waals surface area (Å²) in [5.41, 5.74) is 2.92. The Morgan fingerprint density at radius 2 is 1.74 bits per heavy atom. The lowest BCUT2D eigenvalue weighted by Crippen LogP contribution is -2.36. The van der Waals surface area contributed by atoms with E-state index < -0.39 is 0 Å². The highest BCUT2D eigenvalue weighted by Crippen LogP contribution is 2.21. The Labute approximate surface area is 159 Å². The van der Waals surface area contributed by atoms with Crippen LogP contribution in [0, 0.1) is 0 Å². The molecular weight excluding hydrogens is 338 g/mol. The van der Waals surface area contributed by atoms with Crippen LogP contribution in [0.4, 0.5) is 0 Å². The highest BCUT2D eigenvalue weighted by Gasteiger charge is 2.24. The van der Waals surface area contributed by atoms with Gasteiger partial charge in [-0.15, -0.1) is 0 Å². The minimum Gasteiger partial charge on any atom is -0.467 e. The molecule has 0 aliphatic carbocycles. The summed E-state index contributed by atoms with van der Waals surface area (Å²) in [6.45, 7) is 1.81. The zero-order valence-electron chi connectivity index (χ0n) is 15.2. The highest BCUT2D eigenvalue weighted by atomic mass is 16.5. The fraction of sp³-hybridized carbons (Fsp3) is 0.261. The third kappa shape index (κ3) is 4.29. The summed E-state index contributed by atoms with van der Waals surface area (Å²) >= 11 is 0. The molecule has 4 heteroatoms. The smallest absolute Gasteiger partial charge is 0.254 e. The third-order valence-electron chi connectivity index (χ3n) is 4.90. The number of nitrogens with zero attached hydrogens (tertiary/aromatic N) is 1. The van der Waals surface area contributed by atoms with Crippen molar-refractivity contribution in [1.29, 1.82) is 0 Å². The van der Waals surface area contributed by atoms with Crippen molar-refractivity contribution in [3.8, 4) is 11.1 Å². The first-order valence-electron chi connectivity index (χ1n) is 9.38. The zero-order chi connectivity index (χ0) is 18.5. The van der Waals surface area contributed by atoms with Crippen LogP contribution in [0.5, 0.6) is 0 Å². The number of furan rings is 1. The molecule has 1 saturated heterocycles. The molecule has 1 amide bonds. The van der Waals surface area contributed by atoms with E-state index >= 15 is 0 Å². The molecule has 0 spiro atoms. The fourth-order valence-electron chi connectivity index (χ4n) is 3.46. The summed E-state index contributed by atoms with van der Waals surface area (Å²) in [4.78, 5) is 15.0. The number of carbonyl (C=O) groups is 1. The molecule has 0 bridgehead atoms. The minimum absolute atomic E-state index is 0.00140. The van der Waals surface area contributed by atoms with Crippen LogP contribution in [0.1, 0.15) is 29.0 Å². The second-order valence-corrected chi connectivity index (χ2v) is 6.84. The predicted molar refractivity (Wildman–Crippen MR) is 104 cm³/mol. The molecule has 138 valence electrons. The standard InChI is InChI=1S/C23H23NO3/c25-23(20-12-10-19(11-13-20)18-6-2-1-3-7-18)24(16-21-8-4-14-26-21)17-22-9-5-15-27-22/h1-4,6-8,10-14,22H,5,9,15-17H2. The molecule has 1 fully saturated rings. The second-order valence-electron chi connectivity index (χ2n) is 6.84. The van der Waals surface area contributed by atoms with E-state index in [9.17, 15) is 4.79 Å². The summed E-state index contributed by atoms with van der Waals surface area (Å²) in [6, 6.07) is 21.7. The molecule has 0 saturated carbocycles. The number of rotatable bonds is 6. The van der Waals surface area contributed by atoms with Crippen LogP contribution in [0.15, 0.2) is 77.4 Å². The minimum atomic E-state index is 0.00140. The van der Waals surface area contributed by atoms with Gasteiger partial charge in [0.25, 0.3) is 5.91 Å². The lowest BCUT2D eigenvalue weighted by Gasteiger charge is -2.25. The lowest BCUT2D eigenvalue weighted by atomic mass is 10.0. The van der Waals surface area contributed by atoms with Gasteiger partial charge in [0, 0.05) is 18.7 Å². The summed E-state index contributed by atoms with van der Waals surface area (Å²) in [7, 11) is 0. The monoisotopic (exact) mass is 361 g/mol. The summed E-state index contributed by atoms with van der Waals surface area (Å²) in [6.07, 6.45) is 3.79. The normalized spacial score (nSPS) is 16.4. The Hall–Kier alpha value is -2.85. The number of hydrogen-bond donors (Lipinski definition) is 0. The van der Waals surface area contributed by atoms with Crippen LogP contribution >= 0.6 is 0 Å². The van der Waals surface area contributed by atoms with Gasteiger partial charge in [0.1, 0.15) is 5.76 Å². The van der Waals surface area contributed by atoms with Crippen LogP contribution in [0.25, 0.3) is 11.1 Å². The van der Waals surface area contributed by atoms with Crippen molar-refractivity contribution >= 4 is 5.91 Å². The Bertz CT molecular complexity index is 850. The average Bonchev–Trinajstić information content (AvgIpc) is 3.42. The molecule has 1 aliphatic heterocycles. The second kappa shape index (κ2) is 8.23. The van der Waals surface area contributed by atoms with Gasteiger partial charge in [0.2, 0.25) is 0 Å². The van der Waals surface area contributed by atoms with Gasteiger partial charge in [-0.25, -0.2) is 0 Å². The molecule has 1 unspecified atom stereocenters. The molecule has 1 atom stereocenters. The first-order valence-corrected chi connectivity index (χ1v) is 9.38. The fourth-order valence-corrected chi connectivity index (χ4v) is 3.46. The van der Waals surface area contributed by atoms with Gasteiger partial charge in [-0.1, -0.05) is 42.5 Å². The van der Waals surface area contributed by atoms with Gasteiger partial charge in [-0.3, -0.25) is 4.79 Å². The van der Waals surface area contributed by atoms with Gasteiger partial charge in [0.05, 0.1) is 18.9 Å². The van der Waals surface area contributed by atoms with Crippen LogP contribution in [0.2, 0.25) is 0 Å². The first-order chi connectivity index (χ1) is 13.3. The Balaban J connectivity index is 1.52. The van der Waals surface area contributed by atoms with E-state index in [4.69, 9.17) is 9.15 Å². The summed E-state index contributed by atoms with van der Waals surface area (Å²) in [5.74, 6) is 0.781. The third-order valence-corrected chi connectivity index (χ3v) is 4.90. The van der Waals surface area contributed by atoms with E-state index in [0.717, 1.165) is 36.3 Å². The number of ether oxygens (including phenoxy) is 1. The maximum Gasteiger partial charge on any atom is 0.254 e. The van der Waals surface area contributed by atoms with Crippen molar-refractivity contribution in [3.63, 3.8) is 0 Å². The lowest BCUT2D eigenvalue weighted by molar-refractivity contribution is 0.0491. The summed E-state index contributed by atoms with van der Waals surface area (Å²) in [5, 5.41) is 0. The van der Waals surface area contributed by atoms with E-state index in [1.165, 1.54) is 0 Å². The molecule has 3 aromatic rings. The predicted octanol–water partition coefficient (Wildman–Crippen LogP) is 4.77. The van der Waals surface area contributed by atoms with Crippen molar-refractivity contribution in [2.45, 2.75) is 25.5 Å². The molecule has 2 aromatic carbocycles. The number of hydrogen-bond acceptors (Lipinski definition) is 3. The van der Waals surface area contributed by atoms with E-state index in [-0.39, 0.29) is 12.0 Å². The highest BCUT2D eigenvalue weighted by molar-refractivity contribution is 5.94. The molecule has 4 nitrogen and oxygen atoms in total. The van der Waals surface area contributed by atoms with Crippen LogP contribution in [0.3, 0.4) is 0 Å². The topological polar surface area (TPSA) is 42.7 Å². The molecule has 0 N–H and O–H groups in total. The molecule has 2 heterocycles. The van der Waals surface area contributed by atoms with Crippen molar-refractivity contribution in [3.05, 3.63) is 84.3 Å². The van der Waals surface area contributed by atoms with Crippen LogP contribution in [-0.4, -0.2) is 30.1 Å². The molecule has 0 radical (unpaired) electrons. The van der Waals surface area contributed by atoms with E-state index in [1.807, 2.05) is 59.5 Å². The molecule has 1 aliphatic rings. The Morgan fingerprint density at radius 3 is 2.41 bits per heavy atom. The van der Waals surface area contributed by atoms with Gasteiger partial charge >= 0.3 is 0 Å². The zero-order valence-corrected chi connectivity index (χ0v) is 15.2. The average molecular weight is 361 g/mol.